The molecule has 0 aromatic carbocycles. The molecule has 3 saturated heterocycles. The third-order valence-corrected chi connectivity index (χ3v) is 8.51. The van der Waals surface area contributed by atoms with E-state index >= 15 is 0 Å². The average molecular weight is 392 g/mol. The molecular weight excluding hydrogens is 356 g/mol. The van der Waals surface area contributed by atoms with Crippen LogP contribution in [0.15, 0.2) is 0 Å². The van der Waals surface area contributed by atoms with E-state index in [0.717, 1.165) is 58.5 Å². The average Bonchev–Trinajstić information content (AvgIpc) is 3.20. The van der Waals surface area contributed by atoms with Crippen LogP contribution in [0.3, 0.4) is 0 Å². The van der Waals surface area contributed by atoms with Crippen molar-refractivity contribution in [2.45, 2.75) is 70.0 Å². The zero-order valence-corrected chi connectivity index (χ0v) is 17.2. The molecule has 5 fully saturated rings. The molecule has 3 heterocycles. The maximum Gasteiger partial charge on any atom is 0.315 e. The molecule has 0 aromatic rings. The van der Waals surface area contributed by atoms with E-state index in [1.165, 1.54) is 19.3 Å². The van der Waals surface area contributed by atoms with Crippen LogP contribution in [0.2, 0.25) is 0 Å². The summed E-state index contributed by atoms with van der Waals surface area (Å²) in [5.41, 5.74) is 0.400. The van der Waals surface area contributed by atoms with Crippen molar-refractivity contribution in [3.8, 4) is 0 Å². The maximum absolute atomic E-state index is 12.6. The predicted molar refractivity (Wildman–Crippen MR) is 102 cm³/mol. The van der Waals surface area contributed by atoms with E-state index in [2.05, 4.69) is 12.2 Å². The number of nitrogens with two attached hydrogens (primary N) is 1. The highest BCUT2D eigenvalue weighted by Crippen LogP contribution is 2.62. The quantitative estimate of drug-likeness (QED) is 0.418. The maximum atomic E-state index is 12.6. The topological polar surface area (TPSA) is 75.8 Å². The van der Waals surface area contributed by atoms with Gasteiger partial charge in [0, 0.05) is 31.8 Å². The molecule has 156 valence electrons. The number of esters is 1. The first-order valence-electron chi connectivity index (χ1n) is 11.4. The van der Waals surface area contributed by atoms with E-state index < -0.39 is 0 Å². The third-order valence-electron chi connectivity index (χ3n) is 8.51. The minimum atomic E-state index is 0.0222. The molecule has 2 saturated carbocycles. The third kappa shape index (κ3) is 3.17. The van der Waals surface area contributed by atoms with Crippen molar-refractivity contribution in [1.82, 2.24) is 4.90 Å². The van der Waals surface area contributed by atoms with Crippen LogP contribution >= 0.6 is 0 Å². The second-order valence-electron chi connectivity index (χ2n) is 10.3. The number of epoxide rings is 1. The van der Waals surface area contributed by atoms with Crippen LogP contribution in [0.5, 0.6) is 0 Å². The van der Waals surface area contributed by atoms with Crippen LogP contribution in [0, 0.1) is 23.2 Å². The van der Waals surface area contributed by atoms with Crippen molar-refractivity contribution in [2.75, 3.05) is 32.8 Å². The van der Waals surface area contributed by atoms with Gasteiger partial charge in [-0.05, 0) is 49.9 Å². The van der Waals surface area contributed by atoms with Crippen molar-refractivity contribution in [1.29, 1.82) is 0 Å². The molecule has 3 aliphatic heterocycles. The van der Waals surface area contributed by atoms with Gasteiger partial charge in [-0.15, -0.1) is 0 Å². The molecule has 1 spiro atoms. The Morgan fingerprint density at radius 2 is 2.11 bits per heavy atom. The number of fused-ring (bicyclic) bond motifs is 3. The lowest BCUT2D eigenvalue weighted by Gasteiger charge is -2.51. The Bertz CT molecular complexity index is 648. The number of likely N-dealkylation sites (tertiary alicyclic amines) is 1. The van der Waals surface area contributed by atoms with Gasteiger partial charge in [0.15, 0.2) is 0 Å². The summed E-state index contributed by atoms with van der Waals surface area (Å²) in [6.07, 6.45) is 8.63. The first-order chi connectivity index (χ1) is 13.5. The molecule has 6 heteroatoms. The zero-order chi connectivity index (χ0) is 19.4. The Kier molecular flexibility index (Phi) is 4.70. The van der Waals surface area contributed by atoms with E-state index in [1.807, 2.05) is 4.90 Å². The lowest BCUT2D eigenvalue weighted by Crippen LogP contribution is -2.86. The number of amides is 1. The lowest BCUT2D eigenvalue weighted by atomic mass is 9.53. The fraction of sp³-hybridized carbons (Fsp3) is 0.909. The van der Waals surface area contributed by atoms with Gasteiger partial charge >= 0.3 is 5.97 Å². The Hall–Kier alpha value is -1.14. The van der Waals surface area contributed by atoms with Gasteiger partial charge in [-0.3, -0.25) is 9.59 Å². The van der Waals surface area contributed by atoms with Crippen LogP contribution in [-0.2, 0) is 19.1 Å². The summed E-state index contributed by atoms with van der Waals surface area (Å²) >= 11 is 0. The Balaban J connectivity index is 1.15. The zero-order valence-electron chi connectivity index (χ0n) is 17.2. The monoisotopic (exact) mass is 391 g/mol. The van der Waals surface area contributed by atoms with E-state index in [-0.39, 0.29) is 29.0 Å². The van der Waals surface area contributed by atoms with Gasteiger partial charge < -0.3 is 19.7 Å². The summed E-state index contributed by atoms with van der Waals surface area (Å²) < 4.78 is 11.9. The number of carbonyl (C=O) groups excluding carboxylic acids is 2. The fourth-order valence-corrected chi connectivity index (χ4v) is 6.89. The minimum absolute atomic E-state index is 0.0222. The van der Waals surface area contributed by atoms with Crippen molar-refractivity contribution < 1.29 is 24.4 Å². The summed E-state index contributed by atoms with van der Waals surface area (Å²) in [7, 11) is 0. The molecule has 28 heavy (non-hydrogen) atoms. The molecule has 2 aliphatic carbocycles. The second kappa shape index (κ2) is 6.98. The van der Waals surface area contributed by atoms with Crippen molar-refractivity contribution in [2.24, 2.45) is 23.2 Å². The van der Waals surface area contributed by atoms with Crippen LogP contribution in [0.4, 0.5) is 0 Å². The molecule has 0 radical (unpaired) electrons. The molecule has 5 aliphatic rings. The fourth-order valence-electron chi connectivity index (χ4n) is 6.89. The molecule has 1 amide bonds. The van der Waals surface area contributed by atoms with Crippen LogP contribution < -0.4 is 5.32 Å². The predicted octanol–water partition coefficient (Wildman–Crippen LogP) is 1.09. The molecule has 2 N–H and O–H groups in total. The van der Waals surface area contributed by atoms with Crippen LogP contribution in [0.25, 0.3) is 0 Å². The number of rotatable bonds is 6. The van der Waals surface area contributed by atoms with Gasteiger partial charge in [-0.25, -0.2) is 0 Å². The molecule has 0 aromatic heterocycles. The van der Waals surface area contributed by atoms with Crippen molar-refractivity contribution in [3.63, 3.8) is 0 Å². The highest BCUT2D eigenvalue weighted by atomic mass is 16.6. The van der Waals surface area contributed by atoms with Crippen LogP contribution in [0.1, 0.15) is 58.3 Å². The van der Waals surface area contributed by atoms with Crippen LogP contribution in [-0.4, -0.2) is 61.3 Å². The van der Waals surface area contributed by atoms with Crippen molar-refractivity contribution in [3.05, 3.63) is 0 Å². The van der Waals surface area contributed by atoms with E-state index in [1.54, 1.807) is 0 Å². The SMILES string of the molecule is C[C@]12CCC[C@]3(CO3)[C@@H]1C[C@H]1[C@@H](C2)OC(=O)[C@@H]1C[NH2+]CCCN1CCCC1=O. The molecule has 6 atom stereocenters. The highest BCUT2D eigenvalue weighted by molar-refractivity contribution is 5.78. The van der Waals surface area contributed by atoms with Gasteiger partial charge in [0.2, 0.25) is 5.91 Å². The number of nitrogens with zero attached hydrogens (tertiary/aromatic N) is 1. The van der Waals surface area contributed by atoms with E-state index in [9.17, 15) is 9.59 Å². The lowest BCUT2D eigenvalue weighted by molar-refractivity contribution is -0.659. The summed E-state index contributed by atoms with van der Waals surface area (Å²) in [6.45, 7) is 6.90. The molecular formula is C22H35N2O4+. The number of hydrogen-bond donors (Lipinski definition) is 1. The van der Waals surface area contributed by atoms with E-state index in [4.69, 9.17) is 9.47 Å². The van der Waals surface area contributed by atoms with Gasteiger partial charge in [0.1, 0.15) is 12.0 Å². The van der Waals surface area contributed by atoms with Gasteiger partial charge in [0.05, 0.1) is 25.3 Å². The number of ether oxygens (including phenoxy) is 2. The van der Waals surface area contributed by atoms with E-state index in [0.29, 0.717) is 24.2 Å². The van der Waals surface area contributed by atoms with Gasteiger partial charge in [-0.1, -0.05) is 6.92 Å². The summed E-state index contributed by atoms with van der Waals surface area (Å²) in [5, 5.41) is 2.27. The first kappa shape index (κ1) is 18.9. The normalized spacial score (nSPS) is 44.5. The Morgan fingerprint density at radius 3 is 2.86 bits per heavy atom. The smallest absolute Gasteiger partial charge is 0.315 e. The largest absolute Gasteiger partial charge is 0.462 e. The Labute approximate surface area is 167 Å². The summed E-state index contributed by atoms with van der Waals surface area (Å²) in [5.74, 6) is 1.31. The summed E-state index contributed by atoms with van der Waals surface area (Å²) in [6, 6.07) is 0. The van der Waals surface area contributed by atoms with Gasteiger partial charge in [0.25, 0.3) is 0 Å². The number of carbonyl (C=O) groups is 2. The first-order valence-corrected chi connectivity index (χ1v) is 11.4. The molecule has 5 rings (SSSR count). The minimum Gasteiger partial charge on any atom is -0.462 e. The molecule has 6 nitrogen and oxygen atoms in total. The highest BCUT2D eigenvalue weighted by Gasteiger charge is 2.65. The Morgan fingerprint density at radius 1 is 1.25 bits per heavy atom. The number of hydrogen-bond acceptors (Lipinski definition) is 4. The second-order valence-corrected chi connectivity index (χ2v) is 10.3. The standard InChI is InChI=1S/C22H34N2O4/c1-21-6-3-7-22(14-27-22)18(21)11-15-16(20(26)28-17(15)12-21)13-23-8-4-10-24-9-2-5-19(24)25/h15-18,23H,2-14H2,1H3/p+1/t15-,16-,17-,18-,21-,22+/m1/s1. The number of quaternary nitrogens is 1. The molecule has 0 bridgehead atoms. The summed E-state index contributed by atoms with van der Waals surface area (Å²) in [4.78, 5) is 26.3. The molecule has 0 unspecified atom stereocenters. The van der Waals surface area contributed by atoms with Gasteiger partial charge in [-0.2, -0.15) is 0 Å². The van der Waals surface area contributed by atoms with Crippen molar-refractivity contribution >= 4 is 11.9 Å².